The molecule has 0 aromatic carbocycles. The first-order chi connectivity index (χ1) is 11.8. The van der Waals surface area contributed by atoms with Gasteiger partial charge in [-0.1, -0.05) is 0 Å². The molecule has 0 spiro atoms. The summed E-state index contributed by atoms with van der Waals surface area (Å²) < 4.78 is 83.4. The molecule has 1 aliphatic rings. The predicted octanol–water partition coefficient (Wildman–Crippen LogP) is 3.03. The molecule has 0 bridgehead atoms. The molecule has 6 nitrogen and oxygen atoms in total. The second kappa shape index (κ2) is 5.63. The van der Waals surface area contributed by atoms with Crippen LogP contribution in [-0.4, -0.2) is 43.4 Å². The fourth-order valence-electron chi connectivity index (χ4n) is 2.78. The molecule has 0 unspecified atom stereocenters. The van der Waals surface area contributed by atoms with E-state index in [1.165, 1.54) is 15.3 Å². The highest BCUT2D eigenvalue weighted by atomic mass is 19.4. The van der Waals surface area contributed by atoms with Crippen molar-refractivity contribution >= 4 is 0 Å². The Hall–Kier alpha value is -2.24. The Bertz CT molecular complexity index is 820. The number of aromatic nitrogens is 4. The summed E-state index contributed by atoms with van der Waals surface area (Å²) >= 11 is 0. The van der Waals surface area contributed by atoms with E-state index in [1.807, 2.05) is 0 Å². The smallest absolute Gasteiger partial charge is 0.424 e. The molecule has 144 valence electrons. The van der Waals surface area contributed by atoms with Gasteiger partial charge in [0.1, 0.15) is 0 Å². The molecular weight excluding hydrogens is 370 g/mol. The van der Waals surface area contributed by atoms with E-state index in [2.05, 4.69) is 14.8 Å². The van der Waals surface area contributed by atoms with Gasteiger partial charge in [-0.05, 0) is 13.8 Å². The van der Waals surface area contributed by atoms with Crippen LogP contribution in [0.4, 0.5) is 26.3 Å². The lowest BCUT2D eigenvalue weighted by molar-refractivity contribution is -0.262. The zero-order chi connectivity index (χ0) is 19.5. The summed E-state index contributed by atoms with van der Waals surface area (Å²) in [5.41, 5.74) is -2.74. The average molecular weight is 384 g/mol. The molecule has 0 saturated heterocycles. The molecule has 0 saturated carbocycles. The first-order valence-corrected chi connectivity index (χ1v) is 7.46. The highest BCUT2D eigenvalue weighted by Gasteiger charge is 2.55. The summed E-state index contributed by atoms with van der Waals surface area (Å²) in [5, 5.41) is 13.8. The van der Waals surface area contributed by atoms with Crippen molar-refractivity contribution in [2.45, 2.75) is 44.4 Å². The molecule has 1 aliphatic heterocycles. The van der Waals surface area contributed by atoms with Crippen LogP contribution in [-0.2, 0) is 12.1 Å². The molecule has 0 radical (unpaired) electrons. The first kappa shape index (κ1) is 18.5. The van der Waals surface area contributed by atoms with E-state index in [0.717, 1.165) is 6.20 Å². The largest absolute Gasteiger partial charge is 0.467 e. The highest BCUT2D eigenvalue weighted by Crippen LogP contribution is 2.42. The van der Waals surface area contributed by atoms with Gasteiger partial charge in [0.2, 0.25) is 11.5 Å². The molecule has 1 N–H and O–H groups in total. The molecule has 3 heterocycles. The fraction of sp³-hybridized carbons (Fsp3) is 0.571. The van der Waals surface area contributed by atoms with Gasteiger partial charge >= 0.3 is 12.4 Å². The standard InChI is InChI=1S/C14H14F6N4O2/c1-7-5-23-8(3-10(22-23)26-6-13(15,16)17)9-4-21-11(24(7)9)12(2,25)14(18,19)20/h3-4,7,25H,5-6H2,1-2H3/t7-,12+/m0/s1. The summed E-state index contributed by atoms with van der Waals surface area (Å²) in [4.78, 5) is 3.71. The van der Waals surface area contributed by atoms with E-state index in [9.17, 15) is 31.4 Å². The molecule has 3 rings (SSSR count). The number of imidazole rings is 1. The van der Waals surface area contributed by atoms with E-state index in [4.69, 9.17) is 0 Å². The van der Waals surface area contributed by atoms with Gasteiger partial charge in [0, 0.05) is 6.07 Å². The SMILES string of the molecule is C[C@H]1Cn2nc(OCC(F)(F)F)cc2-c2cnc([C@@](C)(O)C(F)(F)F)n21. The lowest BCUT2D eigenvalue weighted by Gasteiger charge is -2.31. The Morgan fingerprint density at radius 2 is 1.88 bits per heavy atom. The monoisotopic (exact) mass is 384 g/mol. The Morgan fingerprint density at radius 1 is 1.23 bits per heavy atom. The summed E-state index contributed by atoms with van der Waals surface area (Å²) in [5.74, 6) is -0.902. The maximum atomic E-state index is 13.2. The number of nitrogens with zero attached hydrogens (tertiary/aromatic N) is 4. The number of aliphatic hydroxyl groups is 1. The minimum atomic E-state index is -4.95. The Kier molecular flexibility index (Phi) is 4.01. The van der Waals surface area contributed by atoms with Crippen LogP contribution < -0.4 is 4.74 Å². The number of rotatable bonds is 3. The highest BCUT2D eigenvalue weighted by molar-refractivity contribution is 5.58. The van der Waals surface area contributed by atoms with Crippen LogP contribution in [0.2, 0.25) is 0 Å². The van der Waals surface area contributed by atoms with E-state index < -0.39 is 36.4 Å². The number of hydrogen-bond donors (Lipinski definition) is 1. The van der Waals surface area contributed by atoms with Crippen LogP contribution in [0.25, 0.3) is 11.4 Å². The molecule has 2 aromatic rings. The van der Waals surface area contributed by atoms with Gasteiger partial charge in [0.15, 0.2) is 12.4 Å². The zero-order valence-corrected chi connectivity index (χ0v) is 13.6. The summed E-state index contributed by atoms with van der Waals surface area (Å²) in [6, 6.07) is 0.621. The van der Waals surface area contributed by atoms with E-state index in [1.54, 1.807) is 6.92 Å². The third kappa shape index (κ3) is 3.02. The van der Waals surface area contributed by atoms with Crippen LogP contribution in [0.15, 0.2) is 12.3 Å². The number of halogens is 6. The molecule has 2 aromatic heterocycles. The predicted molar refractivity (Wildman–Crippen MR) is 75.3 cm³/mol. The Balaban J connectivity index is 2.01. The molecule has 0 aliphatic carbocycles. The second-order valence-electron chi connectivity index (χ2n) is 6.21. The molecule has 26 heavy (non-hydrogen) atoms. The number of fused-ring (bicyclic) bond motifs is 3. The van der Waals surface area contributed by atoms with Gasteiger partial charge in [-0.3, -0.25) is 4.68 Å². The van der Waals surface area contributed by atoms with Gasteiger partial charge in [-0.2, -0.15) is 26.3 Å². The van der Waals surface area contributed by atoms with Crippen LogP contribution in [0.5, 0.6) is 5.88 Å². The van der Waals surface area contributed by atoms with E-state index in [-0.39, 0.29) is 23.8 Å². The van der Waals surface area contributed by atoms with Gasteiger partial charge in [-0.25, -0.2) is 4.98 Å². The molecule has 0 amide bonds. The summed E-state index contributed by atoms with van der Waals surface area (Å²) in [7, 11) is 0. The van der Waals surface area contributed by atoms with Crippen molar-refractivity contribution in [1.82, 2.24) is 19.3 Å². The van der Waals surface area contributed by atoms with Gasteiger partial charge in [0.25, 0.3) is 0 Å². The lowest BCUT2D eigenvalue weighted by atomic mass is 10.0. The number of hydrogen-bond acceptors (Lipinski definition) is 4. The Labute approximate surface area is 143 Å². The van der Waals surface area contributed by atoms with Crippen molar-refractivity contribution in [2.24, 2.45) is 0 Å². The Morgan fingerprint density at radius 3 is 2.46 bits per heavy atom. The van der Waals surface area contributed by atoms with Crippen LogP contribution in [0, 0.1) is 0 Å². The average Bonchev–Trinajstić information content (AvgIpc) is 3.06. The van der Waals surface area contributed by atoms with Crippen LogP contribution in [0.3, 0.4) is 0 Å². The molecule has 0 fully saturated rings. The topological polar surface area (TPSA) is 65.1 Å². The maximum Gasteiger partial charge on any atom is 0.424 e. The third-order valence-corrected chi connectivity index (χ3v) is 4.07. The quantitative estimate of drug-likeness (QED) is 0.827. The van der Waals surface area contributed by atoms with Crippen molar-refractivity contribution in [1.29, 1.82) is 0 Å². The van der Waals surface area contributed by atoms with Gasteiger partial charge in [-0.15, -0.1) is 5.10 Å². The van der Waals surface area contributed by atoms with Crippen molar-refractivity contribution in [3.8, 4) is 17.3 Å². The first-order valence-electron chi connectivity index (χ1n) is 7.46. The normalized spacial score (nSPS) is 19.7. The van der Waals surface area contributed by atoms with Crippen molar-refractivity contribution in [3.05, 3.63) is 18.1 Å². The van der Waals surface area contributed by atoms with E-state index in [0.29, 0.717) is 6.92 Å². The van der Waals surface area contributed by atoms with Crippen molar-refractivity contribution < 1.29 is 36.2 Å². The molecule has 2 atom stereocenters. The van der Waals surface area contributed by atoms with Crippen LogP contribution in [0.1, 0.15) is 25.7 Å². The second-order valence-corrected chi connectivity index (χ2v) is 6.21. The van der Waals surface area contributed by atoms with Gasteiger partial charge in [0.05, 0.1) is 30.2 Å². The minimum Gasteiger partial charge on any atom is -0.467 e. The minimum absolute atomic E-state index is 0.0784. The van der Waals surface area contributed by atoms with Crippen molar-refractivity contribution in [2.75, 3.05) is 6.61 Å². The number of alkyl halides is 6. The van der Waals surface area contributed by atoms with E-state index >= 15 is 0 Å². The molecule has 12 heteroatoms. The van der Waals surface area contributed by atoms with Gasteiger partial charge < -0.3 is 14.4 Å². The summed E-state index contributed by atoms with van der Waals surface area (Å²) in [6.07, 6.45) is -8.38. The third-order valence-electron chi connectivity index (χ3n) is 4.07. The van der Waals surface area contributed by atoms with Crippen molar-refractivity contribution in [3.63, 3.8) is 0 Å². The fourth-order valence-corrected chi connectivity index (χ4v) is 2.78. The zero-order valence-electron chi connectivity index (χ0n) is 13.6. The van der Waals surface area contributed by atoms with Crippen LogP contribution >= 0.6 is 0 Å². The maximum absolute atomic E-state index is 13.2. The lowest BCUT2D eigenvalue weighted by Crippen LogP contribution is -2.42. The number of ether oxygens (including phenoxy) is 1. The molecular formula is C14H14F6N4O2. The summed E-state index contributed by atoms with van der Waals surface area (Å²) in [6.45, 7) is 0.725.